The highest BCUT2D eigenvalue weighted by molar-refractivity contribution is 6.31. The van der Waals surface area contributed by atoms with Crippen molar-refractivity contribution in [1.82, 2.24) is 0 Å². The molecule has 0 fully saturated rings. The lowest BCUT2D eigenvalue weighted by molar-refractivity contribution is -0.385. The van der Waals surface area contributed by atoms with Crippen molar-refractivity contribution in [2.45, 2.75) is 6.61 Å². The Bertz CT molecular complexity index is 657. The molecule has 0 unspecified atom stereocenters. The Hall–Kier alpha value is -2.40. The summed E-state index contributed by atoms with van der Waals surface area (Å²) in [4.78, 5) is 21.1. The summed E-state index contributed by atoms with van der Waals surface area (Å²) in [5.74, 6) is 0.0412. The molecule has 2 aromatic carbocycles. The Morgan fingerprint density at radius 3 is 2.65 bits per heavy atom. The summed E-state index contributed by atoms with van der Waals surface area (Å²) in [6.45, 7) is 0.0861. The molecule has 0 heterocycles. The third kappa shape index (κ3) is 3.13. The van der Waals surface area contributed by atoms with Gasteiger partial charge in [0.05, 0.1) is 4.92 Å². The van der Waals surface area contributed by atoms with Gasteiger partial charge in [0.15, 0.2) is 5.75 Å². The van der Waals surface area contributed by atoms with Gasteiger partial charge in [-0.15, -0.1) is 0 Å². The van der Waals surface area contributed by atoms with E-state index in [0.717, 1.165) is 0 Å². The summed E-state index contributed by atoms with van der Waals surface area (Å²) in [5, 5.41) is 11.4. The second-order valence-corrected chi connectivity index (χ2v) is 4.39. The van der Waals surface area contributed by atoms with Crippen LogP contribution in [0.15, 0.2) is 42.5 Å². The molecule has 20 heavy (non-hydrogen) atoms. The van der Waals surface area contributed by atoms with Crippen LogP contribution >= 0.6 is 11.6 Å². The van der Waals surface area contributed by atoms with Gasteiger partial charge in [0.25, 0.3) is 0 Å². The SMILES string of the molecule is O=Cc1ccc([N+](=O)[O-])c(OCc2ccccc2Cl)c1. The molecule has 0 aliphatic rings. The predicted octanol–water partition coefficient (Wildman–Crippen LogP) is 3.64. The molecule has 0 atom stereocenters. The minimum absolute atomic E-state index is 0.0412. The van der Waals surface area contributed by atoms with Crippen molar-refractivity contribution in [2.24, 2.45) is 0 Å². The second-order valence-electron chi connectivity index (χ2n) is 3.98. The van der Waals surface area contributed by atoms with Gasteiger partial charge < -0.3 is 4.74 Å². The van der Waals surface area contributed by atoms with Crippen LogP contribution in [-0.2, 0) is 6.61 Å². The Morgan fingerprint density at radius 2 is 2.00 bits per heavy atom. The summed E-state index contributed by atoms with van der Waals surface area (Å²) in [5.41, 5.74) is 0.826. The van der Waals surface area contributed by atoms with E-state index in [1.165, 1.54) is 18.2 Å². The summed E-state index contributed by atoms with van der Waals surface area (Å²) in [6.07, 6.45) is 0.603. The normalized spacial score (nSPS) is 10.1. The quantitative estimate of drug-likeness (QED) is 0.479. The fourth-order valence-corrected chi connectivity index (χ4v) is 1.83. The topological polar surface area (TPSA) is 69.4 Å². The molecule has 0 aliphatic heterocycles. The predicted molar refractivity (Wildman–Crippen MR) is 74.3 cm³/mol. The van der Waals surface area contributed by atoms with Crippen molar-refractivity contribution in [2.75, 3.05) is 0 Å². The first-order valence-corrected chi connectivity index (χ1v) is 6.09. The average molecular weight is 292 g/mol. The highest BCUT2D eigenvalue weighted by atomic mass is 35.5. The molecule has 0 radical (unpaired) electrons. The summed E-state index contributed by atoms with van der Waals surface area (Å²) in [7, 11) is 0. The molecule has 0 saturated carbocycles. The molecule has 0 bridgehead atoms. The standard InChI is InChI=1S/C14H10ClNO4/c15-12-4-2-1-3-11(12)9-20-14-7-10(8-17)5-6-13(14)16(18)19/h1-8H,9H2. The van der Waals surface area contributed by atoms with Crippen molar-refractivity contribution in [3.63, 3.8) is 0 Å². The molecule has 0 aromatic heterocycles. The molecular weight excluding hydrogens is 282 g/mol. The van der Waals surface area contributed by atoms with Crippen LogP contribution in [0.25, 0.3) is 0 Å². The molecule has 2 aromatic rings. The number of carbonyl (C=O) groups excluding carboxylic acids is 1. The van der Waals surface area contributed by atoms with Crippen LogP contribution in [0.2, 0.25) is 5.02 Å². The van der Waals surface area contributed by atoms with E-state index in [9.17, 15) is 14.9 Å². The second kappa shape index (κ2) is 6.16. The van der Waals surface area contributed by atoms with Gasteiger partial charge in [0.1, 0.15) is 12.9 Å². The molecule has 6 heteroatoms. The van der Waals surface area contributed by atoms with Crippen LogP contribution < -0.4 is 4.74 Å². The minimum atomic E-state index is -0.559. The molecule has 0 aliphatic carbocycles. The molecule has 102 valence electrons. The van der Waals surface area contributed by atoms with Crippen molar-refractivity contribution in [1.29, 1.82) is 0 Å². The third-order valence-corrected chi connectivity index (χ3v) is 3.03. The maximum Gasteiger partial charge on any atom is 0.310 e. The number of halogens is 1. The Balaban J connectivity index is 2.26. The Labute approximate surface area is 119 Å². The maximum atomic E-state index is 10.9. The number of nitro benzene ring substituents is 1. The van der Waals surface area contributed by atoms with Crippen LogP contribution in [0.3, 0.4) is 0 Å². The molecule has 5 nitrogen and oxygen atoms in total. The molecule has 0 spiro atoms. The van der Waals surface area contributed by atoms with Gasteiger partial charge >= 0.3 is 5.69 Å². The number of benzene rings is 2. The summed E-state index contributed by atoms with van der Waals surface area (Å²) in [6, 6.07) is 11.0. The fourth-order valence-electron chi connectivity index (χ4n) is 1.64. The highest BCUT2D eigenvalue weighted by Crippen LogP contribution is 2.29. The number of hydrogen-bond acceptors (Lipinski definition) is 4. The highest BCUT2D eigenvalue weighted by Gasteiger charge is 2.16. The molecule has 0 amide bonds. The van der Waals surface area contributed by atoms with E-state index in [1.807, 2.05) is 0 Å². The van der Waals surface area contributed by atoms with Crippen molar-refractivity contribution < 1.29 is 14.5 Å². The van der Waals surface area contributed by atoms with E-state index in [4.69, 9.17) is 16.3 Å². The maximum absolute atomic E-state index is 10.9. The molecule has 0 N–H and O–H groups in total. The number of nitro groups is 1. The monoisotopic (exact) mass is 291 g/mol. The molecule has 0 saturated heterocycles. The fraction of sp³-hybridized carbons (Fsp3) is 0.0714. The van der Waals surface area contributed by atoms with E-state index < -0.39 is 4.92 Å². The minimum Gasteiger partial charge on any atom is -0.482 e. The number of hydrogen-bond donors (Lipinski definition) is 0. The van der Waals surface area contributed by atoms with Crippen molar-refractivity contribution in [3.8, 4) is 5.75 Å². The van der Waals surface area contributed by atoms with Crippen LogP contribution in [-0.4, -0.2) is 11.2 Å². The van der Waals surface area contributed by atoms with E-state index >= 15 is 0 Å². The largest absolute Gasteiger partial charge is 0.482 e. The van der Waals surface area contributed by atoms with Gasteiger partial charge in [0, 0.05) is 22.2 Å². The van der Waals surface area contributed by atoms with E-state index in [2.05, 4.69) is 0 Å². The average Bonchev–Trinajstić information content (AvgIpc) is 2.46. The van der Waals surface area contributed by atoms with Gasteiger partial charge in [-0.1, -0.05) is 29.8 Å². The summed E-state index contributed by atoms with van der Waals surface area (Å²) >= 11 is 5.98. The number of rotatable bonds is 5. The molecular formula is C14H10ClNO4. The van der Waals surface area contributed by atoms with Crippen LogP contribution in [0, 0.1) is 10.1 Å². The van der Waals surface area contributed by atoms with Crippen molar-refractivity contribution >= 4 is 23.6 Å². The first-order chi connectivity index (χ1) is 9.61. The zero-order chi connectivity index (χ0) is 14.5. The van der Waals surface area contributed by atoms with Gasteiger partial charge in [0.2, 0.25) is 0 Å². The first-order valence-electron chi connectivity index (χ1n) is 5.71. The number of aldehydes is 1. The lowest BCUT2D eigenvalue weighted by Gasteiger charge is -2.08. The van der Waals surface area contributed by atoms with Gasteiger partial charge in [-0.3, -0.25) is 14.9 Å². The van der Waals surface area contributed by atoms with Crippen LogP contribution in [0.1, 0.15) is 15.9 Å². The van der Waals surface area contributed by atoms with Gasteiger partial charge in [-0.25, -0.2) is 0 Å². The smallest absolute Gasteiger partial charge is 0.310 e. The van der Waals surface area contributed by atoms with Gasteiger partial charge in [-0.05, 0) is 18.2 Å². The lowest BCUT2D eigenvalue weighted by Crippen LogP contribution is -2.00. The summed E-state index contributed by atoms with van der Waals surface area (Å²) < 4.78 is 5.42. The van der Waals surface area contributed by atoms with Gasteiger partial charge in [-0.2, -0.15) is 0 Å². The number of carbonyl (C=O) groups is 1. The van der Waals surface area contributed by atoms with E-state index in [1.54, 1.807) is 24.3 Å². The van der Waals surface area contributed by atoms with E-state index in [0.29, 0.717) is 22.4 Å². The third-order valence-electron chi connectivity index (χ3n) is 2.66. The number of ether oxygens (including phenoxy) is 1. The lowest BCUT2D eigenvalue weighted by atomic mass is 10.2. The van der Waals surface area contributed by atoms with Crippen LogP contribution in [0.4, 0.5) is 5.69 Å². The van der Waals surface area contributed by atoms with E-state index in [-0.39, 0.29) is 18.0 Å². The van der Waals surface area contributed by atoms with Crippen LogP contribution in [0.5, 0.6) is 5.75 Å². The zero-order valence-corrected chi connectivity index (χ0v) is 11.0. The van der Waals surface area contributed by atoms with Crippen molar-refractivity contribution in [3.05, 3.63) is 68.7 Å². The Kier molecular flexibility index (Phi) is 4.32. The molecule has 2 rings (SSSR count). The Morgan fingerprint density at radius 1 is 1.25 bits per heavy atom. The first kappa shape index (κ1) is 14.0. The zero-order valence-electron chi connectivity index (χ0n) is 10.3. The number of nitrogens with zero attached hydrogens (tertiary/aromatic N) is 1.